The van der Waals surface area contributed by atoms with Crippen molar-refractivity contribution >= 4 is 21.6 Å². The predicted octanol–water partition coefficient (Wildman–Crippen LogP) is 2.42. The molecule has 1 unspecified atom stereocenters. The van der Waals surface area contributed by atoms with E-state index in [-0.39, 0.29) is 11.6 Å². The molecule has 1 rings (SSSR count). The zero-order valence-corrected chi connectivity index (χ0v) is 12.9. The number of anilines is 1. The van der Waals surface area contributed by atoms with E-state index in [0.717, 1.165) is 12.8 Å². The van der Waals surface area contributed by atoms with E-state index >= 15 is 0 Å². The summed E-state index contributed by atoms with van der Waals surface area (Å²) in [6.45, 7) is 6.70. The summed E-state index contributed by atoms with van der Waals surface area (Å²) in [5.41, 5.74) is 0.526. The maximum absolute atomic E-state index is 12.0. The standard InChI is InChI=1S/C13H20BrN3O2/c1-4-6-10(9-19-3)16-11-8-15-17(7-5-2)13(18)12(11)14/h5,8,10,16H,2,4,6-7,9H2,1,3H3. The number of allylic oxidation sites excluding steroid dienone is 1. The fourth-order valence-electron chi connectivity index (χ4n) is 1.78. The number of methoxy groups -OCH3 is 1. The van der Waals surface area contributed by atoms with Crippen molar-refractivity contribution in [3.05, 3.63) is 33.7 Å². The number of ether oxygens (including phenoxy) is 1. The van der Waals surface area contributed by atoms with Crippen molar-refractivity contribution in [2.45, 2.75) is 32.4 Å². The summed E-state index contributed by atoms with van der Waals surface area (Å²) in [6, 6.07) is 0.169. The largest absolute Gasteiger partial charge is 0.383 e. The molecule has 0 spiro atoms. The Bertz CT molecular complexity index is 467. The Kier molecular flexibility index (Phi) is 6.80. The van der Waals surface area contributed by atoms with Gasteiger partial charge in [0.15, 0.2) is 0 Å². The molecule has 0 aliphatic rings. The van der Waals surface area contributed by atoms with Gasteiger partial charge in [-0.05, 0) is 22.4 Å². The van der Waals surface area contributed by atoms with Crippen LogP contribution in [0.1, 0.15) is 19.8 Å². The van der Waals surface area contributed by atoms with E-state index < -0.39 is 0 Å². The van der Waals surface area contributed by atoms with Gasteiger partial charge in [0.05, 0.1) is 25.0 Å². The maximum Gasteiger partial charge on any atom is 0.283 e. The monoisotopic (exact) mass is 329 g/mol. The lowest BCUT2D eigenvalue weighted by Crippen LogP contribution is -2.28. The van der Waals surface area contributed by atoms with Gasteiger partial charge in [-0.2, -0.15) is 5.10 Å². The fraction of sp³-hybridized carbons (Fsp3) is 0.538. The van der Waals surface area contributed by atoms with Crippen molar-refractivity contribution < 1.29 is 4.74 Å². The minimum Gasteiger partial charge on any atom is -0.383 e. The number of hydrogen-bond donors (Lipinski definition) is 1. The third-order valence-electron chi connectivity index (χ3n) is 2.65. The summed E-state index contributed by atoms with van der Waals surface area (Å²) in [4.78, 5) is 12.0. The predicted molar refractivity (Wildman–Crippen MR) is 80.6 cm³/mol. The molecule has 1 aromatic heterocycles. The van der Waals surface area contributed by atoms with Gasteiger partial charge in [-0.1, -0.05) is 19.4 Å². The first kappa shape index (κ1) is 15.9. The van der Waals surface area contributed by atoms with Crippen LogP contribution in [0.25, 0.3) is 0 Å². The molecule has 5 nitrogen and oxygen atoms in total. The van der Waals surface area contributed by atoms with Crippen molar-refractivity contribution in [2.24, 2.45) is 0 Å². The zero-order valence-electron chi connectivity index (χ0n) is 11.4. The zero-order chi connectivity index (χ0) is 14.3. The molecule has 0 aliphatic heterocycles. The Morgan fingerprint density at radius 2 is 2.42 bits per heavy atom. The van der Waals surface area contributed by atoms with Gasteiger partial charge in [0.2, 0.25) is 0 Å². The Balaban J connectivity index is 2.92. The van der Waals surface area contributed by atoms with Crippen LogP contribution in [0.2, 0.25) is 0 Å². The first-order valence-electron chi connectivity index (χ1n) is 6.26. The Labute approximate surface area is 121 Å². The Morgan fingerprint density at radius 1 is 1.68 bits per heavy atom. The molecule has 0 radical (unpaired) electrons. The normalized spacial score (nSPS) is 12.2. The quantitative estimate of drug-likeness (QED) is 0.744. The summed E-state index contributed by atoms with van der Waals surface area (Å²) in [7, 11) is 1.67. The molecule has 0 aromatic carbocycles. The van der Waals surface area contributed by atoms with Crippen LogP contribution >= 0.6 is 15.9 Å². The molecule has 1 atom stereocenters. The molecule has 0 aliphatic carbocycles. The van der Waals surface area contributed by atoms with Crippen molar-refractivity contribution in [2.75, 3.05) is 19.0 Å². The molecule has 6 heteroatoms. The van der Waals surface area contributed by atoms with E-state index in [1.165, 1.54) is 4.68 Å². The van der Waals surface area contributed by atoms with E-state index in [1.54, 1.807) is 19.4 Å². The topological polar surface area (TPSA) is 56.1 Å². The lowest BCUT2D eigenvalue weighted by Gasteiger charge is -2.19. The minimum atomic E-state index is -0.169. The molecular weight excluding hydrogens is 310 g/mol. The first-order valence-corrected chi connectivity index (χ1v) is 7.05. The smallest absolute Gasteiger partial charge is 0.283 e. The maximum atomic E-state index is 12.0. The van der Waals surface area contributed by atoms with Gasteiger partial charge in [-0.3, -0.25) is 4.79 Å². The van der Waals surface area contributed by atoms with Crippen LogP contribution in [0.4, 0.5) is 5.69 Å². The van der Waals surface area contributed by atoms with E-state index in [0.29, 0.717) is 23.3 Å². The summed E-state index contributed by atoms with van der Waals surface area (Å²) in [6.07, 6.45) is 5.29. The molecule has 19 heavy (non-hydrogen) atoms. The number of rotatable bonds is 8. The average Bonchev–Trinajstić information content (AvgIpc) is 2.39. The minimum absolute atomic E-state index is 0.169. The highest BCUT2D eigenvalue weighted by atomic mass is 79.9. The highest BCUT2D eigenvalue weighted by Crippen LogP contribution is 2.18. The van der Waals surface area contributed by atoms with E-state index in [4.69, 9.17) is 4.74 Å². The molecule has 0 bridgehead atoms. The number of hydrogen-bond acceptors (Lipinski definition) is 4. The number of aromatic nitrogens is 2. The van der Waals surface area contributed by atoms with Crippen molar-refractivity contribution in [3.8, 4) is 0 Å². The molecule has 1 heterocycles. The highest BCUT2D eigenvalue weighted by Gasteiger charge is 2.12. The van der Waals surface area contributed by atoms with Crippen LogP contribution in [0.3, 0.4) is 0 Å². The second kappa shape index (κ2) is 8.12. The summed E-state index contributed by atoms with van der Waals surface area (Å²) in [5.74, 6) is 0. The molecule has 1 aromatic rings. The van der Waals surface area contributed by atoms with Gasteiger partial charge < -0.3 is 10.1 Å². The van der Waals surface area contributed by atoms with Crippen LogP contribution in [0.15, 0.2) is 28.1 Å². The van der Waals surface area contributed by atoms with Crippen LogP contribution < -0.4 is 10.9 Å². The summed E-state index contributed by atoms with van der Waals surface area (Å²) in [5, 5.41) is 7.39. The Morgan fingerprint density at radius 3 is 3.00 bits per heavy atom. The van der Waals surface area contributed by atoms with Crippen LogP contribution in [0, 0.1) is 0 Å². The lowest BCUT2D eigenvalue weighted by atomic mass is 10.2. The SMILES string of the molecule is C=CCn1ncc(NC(CCC)COC)c(Br)c1=O. The first-order chi connectivity index (χ1) is 9.13. The van der Waals surface area contributed by atoms with Gasteiger partial charge in [0, 0.05) is 13.2 Å². The second-order valence-corrected chi connectivity index (χ2v) is 5.03. The third kappa shape index (κ3) is 4.47. The number of halogens is 1. The van der Waals surface area contributed by atoms with Crippen molar-refractivity contribution in [3.63, 3.8) is 0 Å². The van der Waals surface area contributed by atoms with Gasteiger partial charge >= 0.3 is 0 Å². The molecular formula is C13H20BrN3O2. The molecule has 1 N–H and O–H groups in total. The molecule has 0 amide bonds. The average molecular weight is 330 g/mol. The molecule has 0 saturated carbocycles. The Hall–Kier alpha value is -1.14. The number of nitrogens with one attached hydrogen (secondary N) is 1. The van der Waals surface area contributed by atoms with Gasteiger partial charge in [0.1, 0.15) is 4.47 Å². The van der Waals surface area contributed by atoms with Gasteiger partial charge in [-0.25, -0.2) is 4.68 Å². The van der Waals surface area contributed by atoms with Crippen LogP contribution in [-0.2, 0) is 11.3 Å². The molecule has 0 fully saturated rings. The summed E-state index contributed by atoms with van der Waals surface area (Å²) < 4.78 is 7.01. The fourth-order valence-corrected chi connectivity index (χ4v) is 2.21. The summed E-state index contributed by atoms with van der Waals surface area (Å²) >= 11 is 3.32. The van der Waals surface area contributed by atoms with Gasteiger partial charge in [0.25, 0.3) is 5.56 Å². The second-order valence-electron chi connectivity index (χ2n) is 4.23. The number of nitrogens with zero attached hydrogens (tertiary/aromatic N) is 2. The van der Waals surface area contributed by atoms with Gasteiger partial charge in [-0.15, -0.1) is 6.58 Å². The van der Waals surface area contributed by atoms with Crippen LogP contribution in [-0.4, -0.2) is 29.5 Å². The highest BCUT2D eigenvalue weighted by molar-refractivity contribution is 9.10. The van der Waals surface area contributed by atoms with E-state index in [2.05, 4.69) is 39.8 Å². The third-order valence-corrected chi connectivity index (χ3v) is 3.42. The van der Waals surface area contributed by atoms with Crippen molar-refractivity contribution in [1.82, 2.24) is 9.78 Å². The lowest BCUT2D eigenvalue weighted by molar-refractivity contribution is 0.182. The van der Waals surface area contributed by atoms with E-state index in [9.17, 15) is 4.79 Å². The van der Waals surface area contributed by atoms with E-state index in [1.807, 2.05) is 0 Å². The molecule has 0 saturated heterocycles. The van der Waals surface area contributed by atoms with Crippen molar-refractivity contribution in [1.29, 1.82) is 0 Å². The molecule has 106 valence electrons. The van der Waals surface area contributed by atoms with Crippen LogP contribution in [0.5, 0.6) is 0 Å².